The van der Waals surface area contributed by atoms with Crippen LogP contribution in [0.5, 0.6) is 5.75 Å². The second-order valence-electron chi connectivity index (χ2n) is 5.44. The molecule has 1 N–H and O–H groups in total. The molecule has 1 heterocycles. The predicted octanol–water partition coefficient (Wildman–Crippen LogP) is 2.70. The van der Waals surface area contributed by atoms with Crippen molar-refractivity contribution < 1.29 is 14.2 Å². The van der Waals surface area contributed by atoms with Crippen molar-refractivity contribution in [3.05, 3.63) is 29.6 Å². The highest BCUT2D eigenvalue weighted by Crippen LogP contribution is 2.32. The first kappa shape index (κ1) is 13.3. The highest BCUT2D eigenvalue weighted by atomic mass is 19.1. The normalized spacial score (nSPS) is 21.8. The van der Waals surface area contributed by atoms with Gasteiger partial charge >= 0.3 is 0 Å². The molecule has 1 aromatic rings. The van der Waals surface area contributed by atoms with Crippen molar-refractivity contribution in [1.29, 1.82) is 0 Å². The van der Waals surface area contributed by atoms with Crippen molar-refractivity contribution in [2.24, 2.45) is 0 Å². The molecule has 1 aromatic carbocycles. The van der Waals surface area contributed by atoms with Crippen molar-refractivity contribution in [3.8, 4) is 5.75 Å². The third-order valence-electron chi connectivity index (χ3n) is 3.61. The second-order valence-corrected chi connectivity index (χ2v) is 5.44. The average Bonchev–Trinajstić information content (AvgIpc) is 2.27. The first-order valence-electron chi connectivity index (χ1n) is 6.25. The Balaban J connectivity index is 2.27. The van der Waals surface area contributed by atoms with Crippen molar-refractivity contribution in [2.45, 2.75) is 32.4 Å². The van der Waals surface area contributed by atoms with Crippen LogP contribution >= 0.6 is 0 Å². The van der Waals surface area contributed by atoms with E-state index in [9.17, 15) is 9.50 Å². The lowest BCUT2D eigenvalue weighted by Crippen LogP contribution is -2.53. The summed E-state index contributed by atoms with van der Waals surface area (Å²) >= 11 is 0. The number of halogens is 1. The maximum atomic E-state index is 13.9. The molecule has 2 rings (SSSR count). The fraction of sp³-hybridized carbons (Fsp3) is 0.571. The Morgan fingerprint density at radius 1 is 1.44 bits per heavy atom. The Morgan fingerprint density at radius 3 is 2.78 bits per heavy atom. The van der Waals surface area contributed by atoms with Crippen LogP contribution in [0.1, 0.15) is 32.4 Å². The van der Waals surface area contributed by atoms with Crippen LogP contribution in [0.25, 0.3) is 0 Å². The van der Waals surface area contributed by atoms with E-state index >= 15 is 0 Å². The fourth-order valence-electron chi connectivity index (χ4n) is 2.61. The quantitative estimate of drug-likeness (QED) is 0.879. The maximum Gasteiger partial charge on any atom is 0.131 e. The van der Waals surface area contributed by atoms with E-state index in [4.69, 9.17) is 4.74 Å². The number of hydrogen-bond acceptors (Lipinski definition) is 3. The molecule has 0 bridgehead atoms. The smallest absolute Gasteiger partial charge is 0.131 e. The topological polar surface area (TPSA) is 32.7 Å². The van der Waals surface area contributed by atoms with Crippen LogP contribution in [0.3, 0.4) is 0 Å². The number of ether oxygens (including phenoxy) is 1. The second kappa shape index (κ2) is 4.86. The van der Waals surface area contributed by atoms with Crippen LogP contribution in [0.2, 0.25) is 0 Å². The van der Waals surface area contributed by atoms with Crippen molar-refractivity contribution >= 4 is 0 Å². The number of morpholine rings is 1. The minimum Gasteiger partial charge on any atom is -0.508 e. The highest BCUT2D eigenvalue weighted by molar-refractivity contribution is 5.30. The van der Waals surface area contributed by atoms with Gasteiger partial charge in [-0.2, -0.15) is 0 Å². The zero-order chi connectivity index (χ0) is 13.3. The highest BCUT2D eigenvalue weighted by Gasteiger charge is 2.35. The summed E-state index contributed by atoms with van der Waals surface area (Å²) in [5, 5.41) is 9.26. The van der Waals surface area contributed by atoms with Crippen LogP contribution in [0.4, 0.5) is 4.39 Å². The molecule has 18 heavy (non-hydrogen) atoms. The summed E-state index contributed by atoms with van der Waals surface area (Å²) in [6.07, 6.45) is 0. The summed E-state index contributed by atoms with van der Waals surface area (Å²) in [7, 11) is 0. The third kappa shape index (κ3) is 2.49. The van der Waals surface area contributed by atoms with Gasteiger partial charge < -0.3 is 9.84 Å². The molecule has 1 saturated heterocycles. The molecule has 0 radical (unpaired) electrons. The SMILES string of the molecule is CC(c1ccc(O)cc1F)N1CCOCC1(C)C. The number of phenols is 1. The molecule has 1 fully saturated rings. The molecule has 1 unspecified atom stereocenters. The Hall–Kier alpha value is -1.13. The number of aromatic hydroxyl groups is 1. The van der Waals surface area contributed by atoms with Gasteiger partial charge in [-0.05, 0) is 26.8 Å². The lowest BCUT2D eigenvalue weighted by Gasteiger charge is -2.45. The summed E-state index contributed by atoms with van der Waals surface area (Å²) in [5.41, 5.74) is 0.505. The summed E-state index contributed by atoms with van der Waals surface area (Å²) in [6.45, 7) is 8.30. The van der Waals surface area contributed by atoms with E-state index in [-0.39, 0.29) is 23.1 Å². The van der Waals surface area contributed by atoms with Crippen LogP contribution in [0.15, 0.2) is 18.2 Å². The molecule has 1 aliphatic heterocycles. The first-order valence-corrected chi connectivity index (χ1v) is 6.25. The van der Waals surface area contributed by atoms with Gasteiger partial charge in [0, 0.05) is 29.8 Å². The molecule has 0 spiro atoms. The molecular weight excluding hydrogens is 233 g/mol. The minimum absolute atomic E-state index is 0.0373. The maximum absolute atomic E-state index is 13.9. The van der Waals surface area contributed by atoms with Gasteiger partial charge in [0.1, 0.15) is 11.6 Å². The van der Waals surface area contributed by atoms with E-state index < -0.39 is 0 Å². The van der Waals surface area contributed by atoms with Crippen molar-refractivity contribution in [2.75, 3.05) is 19.8 Å². The van der Waals surface area contributed by atoms with E-state index in [1.54, 1.807) is 6.07 Å². The molecule has 0 saturated carbocycles. The lowest BCUT2D eigenvalue weighted by molar-refractivity contribution is -0.0701. The van der Waals surface area contributed by atoms with Gasteiger partial charge in [-0.25, -0.2) is 4.39 Å². The average molecular weight is 253 g/mol. The van der Waals surface area contributed by atoms with Crippen molar-refractivity contribution in [3.63, 3.8) is 0 Å². The number of hydrogen-bond donors (Lipinski definition) is 1. The van der Waals surface area contributed by atoms with Crippen LogP contribution in [-0.2, 0) is 4.74 Å². The van der Waals surface area contributed by atoms with Crippen LogP contribution in [-0.4, -0.2) is 35.3 Å². The molecule has 3 nitrogen and oxygen atoms in total. The number of nitrogens with zero attached hydrogens (tertiary/aromatic N) is 1. The molecule has 0 amide bonds. The van der Waals surface area contributed by atoms with E-state index in [2.05, 4.69) is 18.7 Å². The molecule has 100 valence electrons. The standard InChI is InChI=1S/C14H20FNO2/c1-10(12-5-4-11(17)8-13(12)15)16-6-7-18-9-14(16,2)3/h4-5,8,10,17H,6-7,9H2,1-3H3. The Labute approximate surface area is 107 Å². The van der Waals surface area contributed by atoms with Gasteiger partial charge in [-0.15, -0.1) is 0 Å². The summed E-state index contributed by atoms with van der Waals surface area (Å²) in [5.74, 6) is -0.394. The largest absolute Gasteiger partial charge is 0.508 e. The van der Waals surface area contributed by atoms with Gasteiger partial charge in [-0.1, -0.05) is 6.07 Å². The van der Waals surface area contributed by atoms with Gasteiger partial charge in [0.2, 0.25) is 0 Å². The summed E-state index contributed by atoms with van der Waals surface area (Å²) < 4.78 is 19.4. The van der Waals surface area contributed by atoms with Gasteiger partial charge in [0.05, 0.1) is 13.2 Å². The predicted molar refractivity (Wildman–Crippen MR) is 68.1 cm³/mol. The fourth-order valence-corrected chi connectivity index (χ4v) is 2.61. The van der Waals surface area contributed by atoms with Crippen LogP contribution < -0.4 is 0 Å². The van der Waals surface area contributed by atoms with Crippen LogP contribution in [0, 0.1) is 5.82 Å². The zero-order valence-electron chi connectivity index (χ0n) is 11.1. The first-order chi connectivity index (χ1) is 8.42. The molecule has 1 atom stereocenters. The lowest BCUT2D eigenvalue weighted by atomic mass is 9.96. The Kier molecular flexibility index (Phi) is 3.59. The van der Waals surface area contributed by atoms with E-state index in [0.29, 0.717) is 18.8 Å². The summed E-state index contributed by atoms with van der Waals surface area (Å²) in [4.78, 5) is 2.24. The van der Waals surface area contributed by atoms with Gasteiger partial charge in [-0.3, -0.25) is 4.90 Å². The number of phenolic OH excluding ortho intramolecular Hbond substituents is 1. The molecule has 0 aromatic heterocycles. The number of benzene rings is 1. The van der Waals surface area contributed by atoms with Crippen molar-refractivity contribution in [1.82, 2.24) is 4.90 Å². The van der Waals surface area contributed by atoms with Gasteiger partial charge in [0.25, 0.3) is 0 Å². The third-order valence-corrected chi connectivity index (χ3v) is 3.61. The zero-order valence-corrected chi connectivity index (χ0v) is 11.1. The van der Waals surface area contributed by atoms with Gasteiger partial charge in [0.15, 0.2) is 0 Å². The molecule has 1 aliphatic rings. The Morgan fingerprint density at radius 2 is 2.17 bits per heavy atom. The van der Waals surface area contributed by atoms with E-state index in [0.717, 1.165) is 6.54 Å². The van der Waals surface area contributed by atoms with E-state index in [1.165, 1.54) is 12.1 Å². The summed E-state index contributed by atoms with van der Waals surface area (Å²) in [6, 6.07) is 4.31. The molecular formula is C14H20FNO2. The molecule has 0 aliphatic carbocycles. The minimum atomic E-state index is -0.357. The Bertz CT molecular complexity index is 434. The molecule has 4 heteroatoms. The van der Waals surface area contributed by atoms with E-state index in [1.807, 2.05) is 6.92 Å². The monoisotopic (exact) mass is 253 g/mol. The number of rotatable bonds is 2.